The molecule has 0 radical (unpaired) electrons. The standard InChI is InChI=1S/C21H31N5O3/c1-5-23-21(24-12-16-10-18(28-3)20(27)19(11-16)29-4)25-8-6-15(2)17(13-25)26-9-7-22-14-26/h7,9-11,14-15,17,27H,5-6,8,12-13H2,1-4H3,(H,23,24). The van der Waals surface area contributed by atoms with E-state index < -0.39 is 0 Å². The quantitative estimate of drug-likeness (QED) is 0.572. The molecule has 2 aromatic rings. The molecule has 2 unspecified atom stereocenters. The molecule has 0 bridgehead atoms. The molecule has 1 saturated heterocycles. The van der Waals surface area contributed by atoms with E-state index in [1.807, 2.05) is 18.7 Å². The molecule has 1 aromatic carbocycles. The molecule has 3 rings (SSSR count). The van der Waals surface area contributed by atoms with Crippen LogP contribution < -0.4 is 14.8 Å². The highest BCUT2D eigenvalue weighted by molar-refractivity contribution is 5.80. The first-order valence-corrected chi connectivity index (χ1v) is 10.0. The van der Waals surface area contributed by atoms with Crippen molar-refractivity contribution in [3.63, 3.8) is 0 Å². The Morgan fingerprint density at radius 1 is 1.31 bits per heavy atom. The molecule has 0 amide bonds. The summed E-state index contributed by atoms with van der Waals surface area (Å²) in [5, 5.41) is 13.5. The number of ether oxygens (including phenoxy) is 2. The highest BCUT2D eigenvalue weighted by atomic mass is 16.5. The van der Waals surface area contributed by atoms with Crippen molar-refractivity contribution in [2.45, 2.75) is 32.9 Å². The number of aliphatic imine (C=N–C) groups is 1. The fourth-order valence-electron chi connectivity index (χ4n) is 3.73. The zero-order valence-corrected chi connectivity index (χ0v) is 17.6. The summed E-state index contributed by atoms with van der Waals surface area (Å²) in [6, 6.07) is 3.94. The van der Waals surface area contributed by atoms with Crippen LogP contribution in [0.15, 0.2) is 35.8 Å². The lowest BCUT2D eigenvalue weighted by Crippen LogP contribution is -2.49. The number of methoxy groups -OCH3 is 2. The molecule has 8 heteroatoms. The zero-order chi connectivity index (χ0) is 20.8. The first-order valence-electron chi connectivity index (χ1n) is 10.0. The third-order valence-electron chi connectivity index (χ3n) is 5.41. The number of piperidine rings is 1. The molecule has 0 saturated carbocycles. The van der Waals surface area contributed by atoms with Crippen LogP contribution in [0.25, 0.3) is 0 Å². The summed E-state index contributed by atoms with van der Waals surface area (Å²) in [5.41, 5.74) is 0.906. The van der Waals surface area contributed by atoms with E-state index in [4.69, 9.17) is 14.5 Å². The molecule has 1 fully saturated rings. The van der Waals surface area contributed by atoms with Crippen molar-refractivity contribution < 1.29 is 14.6 Å². The summed E-state index contributed by atoms with van der Waals surface area (Å²) in [6.07, 6.45) is 6.85. The minimum Gasteiger partial charge on any atom is -0.502 e. The average Bonchev–Trinajstić information content (AvgIpc) is 3.27. The van der Waals surface area contributed by atoms with Crippen LogP contribution in [0.2, 0.25) is 0 Å². The van der Waals surface area contributed by atoms with Crippen molar-refractivity contribution >= 4 is 5.96 Å². The van der Waals surface area contributed by atoms with Gasteiger partial charge in [0.25, 0.3) is 0 Å². The van der Waals surface area contributed by atoms with Gasteiger partial charge < -0.3 is 29.4 Å². The summed E-state index contributed by atoms with van der Waals surface area (Å²) in [7, 11) is 3.05. The number of aromatic hydroxyl groups is 1. The molecule has 1 aliphatic rings. The van der Waals surface area contributed by atoms with E-state index in [1.165, 1.54) is 14.2 Å². The summed E-state index contributed by atoms with van der Waals surface area (Å²) < 4.78 is 12.7. The average molecular weight is 402 g/mol. The molecule has 0 spiro atoms. The van der Waals surface area contributed by atoms with Crippen LogP contribution in [0.5, 0.6) is 17.2 Å². The van der Waals surface area contributed by atoms with E-state index in [0.29, 0.717) is 30.0 Å². The Hall–Kier alpha value is -2.90. The van der Waals surface area contributed by atoms with Crippen LogP contribution in [0.3, 0.4) is 0 Å². The van der Waals surface area contributed by atoms with Crippen molar-refractivity contribution in [1.29, 1.82) is 0 Å². The van der Waals surface area contributed by atoms with Crippen LogP contribution >= 0.6 is 0 Å². The van der Waals surface area contributed by atoms with E-state index in [9.17, 15) is 5.11 Å². The maximum absolute atomic E-state index is 10.1. The SMILES string of the molecule is CCNC(=NCc1cc(OC)c(O)c(OC)c1)N1CCC(C)C(n2ccnc2)C1. The number of rotatable bonds is 6. The van der Waals surface area contributed by atoms with Gasteiger partial charge in [-0.3, -0.25) is 0 Å². The van der Waals surface area contributed by atoms with Crippen LogP contribution in [0, 0.1) is 5.92 Å². The molecule has 0 aliphatic carbocycles. The zero-order valence-electron chi connectivity index (χ0n) is 17.6. The molecular formula is C21H31N5O3. The smallest absolute Gasteiger partial charge is 0.200 e. The Balaban J connectivity index is 1.80. The molecule has 158 valence electrons. The van der Waals surface area contributed by atoms with E-state index in [2.05, 4.69) is 33.6 Å². The van der Waals surface area contributed by atoms with Crippen molar-refractivity contribution in [2.24, 2.45) is 10.9 Å². The van der Waals surface area contributed by atoms with Crippen LogP contribution in [0.1, 0.15) is 31.9 Å². The molecule has 2 N–H and O–H groups in total. The molecule has 2 atom stereocenters. The summed E-state index contributed by atoms with van der Waals surface area (Å²) in [4.78, 5) is 11.4. The highest BCUT2D eigenvalue weighted by Crippen LogP contribution is 2.37. The van der Waals surface area contributed by atoms with Gasteiger partial charge in [0.1, 0.15) is 0 Å². The summed E-state index contributed by atoms with van der Waals surface area (Å²) >= 11 is 0. The highest BCUT2D eigenvalue weighted by Gasteiger charge is 2.28. The summed E-state index contributed by atoms with van der Waals surface area (Å²) in [5.74, 6) is 2.23. The van der Waals surface area contributed by atoms with Gasteiger partial charge in [-0.25, -0.2) is 9.98 Å². The van der Waals surface area contributed by atoms with Crippen LogP contribution in [-0.2, 0) is 6.54 Å². The molecular weight excluding hydrogens is 370 g/mol. The number of hydrogen-bond donors (Lipinski definition) is 2. The number of likely N-dealkylation sites (tertiary alicyclic amines) is 1. The first-order chi connectivity index (χ1) is 14.1. The van der Waals surface area contributed by atoms with E-state index in [0.717, 1.165) is 37.6 Å². The van der Waals surface area contributed by atoms with Gasteiger partial charge in [0.05, 0.1) is 33.1 Å². The van der Waals surface area contributed by atoms with Crippen molar-refractivity contribution in [1.82, 2.24) is 19.8 Å². The topological polar surface area (TPSA) is 84.1 Å². The number of guanidine groups is 1. The lowest BCUT2D eigenvalue weighted by atomic mass is 9.93. The predicted octanol–water partition coefficient (Wildman–Crippen LogP) is 2.65. The summed E-state index contributed by atoms with van der Waals surface area (Å²) in [6.45, 7) is 7.45. The second-order valence-electron chi connectivity index (χ2n) is 7.31. The van der Waals surface area contributed by atoms with Gasteiger partial charge in [-0.1, -0.05) is 6.92 Å². The number of hydrogen-bond acceptors (Lipinski definition) is 5. The van der Waals surface area contributed by atoms with Gasteiger partial charge in [0.15, 0.2) is 17.5 Å². The van der Waals surface area contributed by atoms with Crippen LogP contribution in [-0.4, -0.2) is 59.4 Å². The Labute approximate surface area is 172 Å². The van der Waals surface area contributed by atoms with Gasteiger partial charge in [-0.15, -0.1) is 0 Å². The number of phenolic OH excluding ortho intramolecular Hbond substituents is 1. The van der Waals surface area contributed by atoms with Crippen molar-refractivity contribution in [3.05, 3.63) is 36.4 Å². The number of phenols is 1. The lowest BCUT2D eigenvalue weighted by Gasteiger charge is -2.39. The second kappa shape index (κ2) is 9.54. The minimum absolute atomic E-state index is 0.00262. The molecule has 1 aromatic heterocycles. The number of imidazole rings is 1. The second-order valence-corrected chi connectivity index (χ2v) is 7.31. The number of nitrogens with zero attached hydrogens (tertiary/aromatic N) is 4. The number of nitrogens with one attached hydrogen (secondary N) is 1. The predicted molar refractivity (Wildman–Crippen MR) is 113 cm³/mol. The van der Waals surface area contributed by atoms with Gasteiger partial charge >= 0.3 is 0 Å². The van der Waals surface area contributed by atoms with E-state index in [1.54, 1.807) is 12.1 Å². The monoisotopic (exact) mass is 401 g/mol. The van der Waals surface area contributed by atoms with Crippen LogP contribution in [0.4, 0.5) is 0 Å². The molecule has 29 heavy (non-hydrogen) atoms. The van der Waals surface area contributed by atoms with Gasteiger partial charge in [-0.05, 0) is 37.0 Å². The first kappa shape index (κ1) is 20.8. The molecule has 8 nitrogen and oxygen atoms in total. The maximum Gasteiger partial charge on any atom is 0.200 e. The maximum atomic E-state index is 10.1. The van der Waals surface area contributed by atoms with E-state index in [-0.39, 0.29) is 5.75 Å². The van der Waals surface area contributed by atoms with Gasteiger partial charge in [-0.2, -0.15) is 0 Å². The van der Waals surface area contributed by atoms with Gasteiger partial charge in [0.2, 0.25) is 5.75 Å². The third-order valence-corrected chi connectivity index (χ3v) is 5.41. The fraction of sp³-hybridized carbons (Fsp3) is 0.524. The number of aromatic nitrogens is 2. The Bertz CT molecular complexity index is 797. The third kappa shape index (κ3) is 4.75. The minimum atomic E-state index is 0.00262. The van der Waals surface area contributed by atoms with Crippen molar-refractivity contribution in [2.75, 3.05) is 33.9 Å². The molecule has 1 aliphatic heterocycles. The molecule has 2 heterocycles. The Kier molecular flexibility index (Phi) is 6.85. The number of benzene rings is 1. The van der Waals surface area contributed by atoms with E-state index >= 15 is 0 Å². The van der Waals surface area contributed by atoms with Gasteiger partial charge in [0, 0.05) is 32.0 Å². The lowest BCUT2D eigenvalue weighted by molar-refractivity contribution is 0.189. The Morgan fingerprint density at radius 3 is 2.62 bits per heavy atom. The fourth-order valence-corrected chi connectivity index (χ4v) is 3.73. The largest absolute Gasteiger partial charge is 0.502 e. The van der Waals surface area contributed by atoms with Crippen molar-refractivity contribution in [3.8, 4) is 17.2 Å². The Morgan fingerprint density at radius 2 is 2.03 bits per heavy atom. The normalized spacial score (nSPS) is 19.9.